The minimum absolute atomic E-state index is 0.728. The molecule has 4 rings (SSSR count). The lowest BCUT2D eigenvalue weighted by atomic mass is 10.2. The molecule has 5 nitrogen and oxygen atoms in total. The summed E-state index contributed by atoms with van der Waals surface area (Å²) in [6.07, 6.45) is 4.27. The molecule has 1 aliphatic rings. The van der Waals surface area contributed by atoms with Crippen molar-refractivity contribution in [1.82, 2.24) is 9.78 Å². The van der Waals surface area contributed by atoms with Gasteiger partial charge in [-0.3, -0.25) is 5.43 Å². The lowest BCUT2D eigenvalue weighted by Gasteiger charge is -2.20. The van der Waals surface area contributed by atoms with Gasteiger partial charge in [-0.2, -0.15) is 10.2 Å². The molecule has 0 spiro atoms. The van der Waals surface area contributed by atoms with Gasteiger partial charge in [0.15, 0.2) is 0 Å². The number of hydrogen-bond acceptors (Lipinski definition) is 4. The van der Waals surface area contributed by atoms with Crippen LogP contribution in [0.25, 0.3) is 5.69 Å². The van der Waals surface area contributed by atoms with E-state index in [1.165, 1.54) is 12.8 Å². The molecule has 3 aromatic rings. The zero-order valence-corrected chi connectivity index (χ0v) is 16.9. The average Bonchev–Trinajstić information content (AvgIpc) is 3.33. The summed E-state index contributed by atoms with van der Waals surface area (Å²) in [5.41, 5.74) is 8.05. The van der Waals surface area contributed by atoms with Crippen molar-refractivity contribution in [3.05, 3.63) is 70.4 Å². The highest BCUT2D eigenvalue weighted by Crippen LogP contribution is 2.29. The second-order valence-electron chi connectivity index (χ2n) is 7.10. The molecule has 1 saturated heterocycles. The van der Waals surface area contributed by atoms with Gasteiger partial charge in [0.05, 0.1) is 28.8 Å². The average molecular weight is 394 g/mol. The highest BCUT2D eigenvalue weighted by Gasteiger charge is 2.23. The van der Waals surface area contributed by atoms with Crippen LogP contribution < -0.4 is 10.3 Å². The largest absolute Gasteiger partial charge is 0.356 e. The van der Waals surface area contributed by atoms with E-state index in [2.05, 4.69) is 27.6 Å². The summed E-state index contributed by atoms with van der Waals surface area (Å²) in [4.78, 5) is 2.40. The van der Waals surface area contributed by atoms with Crippen LogP contribution in [0, 0.1) is 13.8 Å². The fourth-order valence-corrected chi connectivity index (χ4v) is 3.68. The van der Waals surface area contributed by atoms with Crippen LogP contribution in [0.4, 0.5) is 11.5 Å². The van der Waals surface area contributed by atoms with E-state index in [4.69, 9.17) is 16.7 Å². The van der Waals surface area contributed by atoms with Crippen molar-refractivity contribution in [2.45, 2.75) is 26.7 Å². The van der Waals surface area contributed by atoms with Crippen LogP contribution in [0.3, 0.4) is 0 Å². The molecule has 0 saturated carbocycles. The summed E-state index contributed by atoms with van der Waals surface area (Å²) in [6.45, 7) is 6.10. The van der Waals surface area contributed by atoms with E-state index < -0.39 is 0 Å². The summed E-state index contributed by atoms with van der Waals surface area (Å²) < 4.78 is 2.03. The van der Waals surface area contributed by atoms with Gasteiger partial charge in [-0.1, -0.05) is 35.9 Å². The molecule has 1 aromatic heterocycles. The number of nitrogens with zero attached hydrogens (tertiary/aromatic N) is 4. The van der Waals surface area contributed by atoms with Gasteiger partial charge in [-0.25, -0.2) is 4.68 Å². The van der Waals surface area contributed by atoms with Gasteiger partial charge >= 0.3 is 0 Å². The standard InChI is InChI=1S/C22H24ClN5/c1-16-10-11-18(14-21(16)23)25-24-15-20-17(2)26-28(19-8-4-3-5-9-19)22(20)27-12-6-7-13-27/h3-5,8-11,14-15,25H,6-7,12-13H2,1-2H3/b24-15-. The van der Waals surface area contributed by atoms with E-state index in [-0.39, 0.29) is 0 Å². The number of aryl methyl sites for hydroxylation is 2. The minimum atomic E-state index is 0.728. The third-order valence-electron chi connectivity index (χ3n) is 5.05. The van der Waals surface area contributed by atoms with E-state index in [0.717, 1.165) is 52.1 Å². The molecule has 2 heterocycles. The molecule has 28 heavy (non-hydrogen) atoms. The number of para-hydroxylation sites is 1. The maximum atomic E-state index is 6.21. The minimum Gasteiger partial charge on any atom is -0.356 e. The normalized spacial score (nSPS) is 14.2. The molecule has 0 atom stereocenters. The van der Waals surface area contributed by atoms with Gasteiger partial charge < -0.3 is 4.90 Å². The van der Waals surface area contributed by atoms with Gasteiger partial charge in [0.25, 0.3) is 0 Å². The Labute approximate surface area is 170 Å². The number of halogens is 1. The second kappa shape index (κ2) is 8.07. The molecule has 1 aliphatic heterocycles. The summed E-state index contributed by atoms with van der Waals surface area (Å²) in [5, 5.41) is 10.0. The summed E-state index contributed by atoms with van der Waals surface area (Å²) in [7, 11) is 0. The van der Waals surface area contributed by atoms with Crippen molar-refractivity contribution in [2.24, 2.45) is 5.10 Å². The lowest BCUT2D eigenvalue weighted by Crippen LogP contribution is -2.22. The number of nitrogens with one attached hydrogen (secondary N) is 1. The predicted octanol–water partition coefficient (Wildman–Crippen LogP) is 5.19. The summed E-state index contributed by atoms with van der Waals surface area (Å²) >= 11 is 6.21. The van der Waals surface area contributed by atoms with Crippen LogP contribution in [-0.4, -0.2) is 29.1 Å². The monoisotopic (exact) mass is 393 g/mol. The molecule has 0 unspecified atom stereocenters. The third-order valence-corrected chi connectivity index (χ3v) is 5.45. The maximum absolute atomic E-state index is 6.21. The predicted molar refractivity (Wildman–Crippen MR) is 117 cm³/mol. The van der Waals surface area contributed by atoms with Crippen LogP contribution in [0.2, 0.25) is 5.02 Å². The third kappa shape index (κ3) is 3.76. The fourth-order valence-electron chi connectivity index (χ4n) is 3.49. The Morgan fingerprint density at radius 1 is 1.07 bits per heavy atom. The molecular weight excluding hydrogens is 370 g/mol. The highest BCUT2D eigenvalue weighted by atomic mass is 35.5. The van der Waals surface area contributed by atoms with Gasteiger partial charge in [-0.15, -0.1) is 0 Å². The Morgan fingerprint density at radius 2 is 1.82 bits per heavy atom. The van der Waals surface area contributed by atoms with E-state index in [0.29, 0.717) is 0 Å². The molecule has 144 valence electrons. The number of benzene rings is 2. The molecule has 1 fully saturated rings. The van der Waals surface area contributed by atoms with Crippen LogP contribution in [0.1, 0.15) is 29.7 Å². The molecule has 0 bridgehead atoms. The quantitative estimate of drug-likeness (QED) is 0.479. The number of hydrazone groups is 1. The Hall–Kier alpha value is -2.79. The Balaban J connectivity index is 1.67. The van der Waals surface area contributed by atoms with E-state index in [9.17, 15) is 0 Å². The van der Waals surface area contributed by atoms with E-state index >= 15 is 0 Å². The summed E-state index contributed by atoms with van der Waals surface area (Å²) in [5.74, 6) is 1.11. The maximum Gasteiger partial charge on any atom is 0.141 e. The van der Waals surface area contributed by atoms with Crippen molar-refractivity contribution in [2.75, 3.05) is 23.4 Å². The lowest BCUT2D eigenvalue weighted by molar-refractivity contribution is 0.815. The molecule has 0 aliphatic carbocycles. The Bertz CT molecular complexity index is 988. The highest BCUT2D eigenvalue weighted by molar-refractivity contribution is 6.31. The van der Waals surface area contributed by atoms with Crippen molar-refractivity contribution >= 4 is 29.3 Å². The fraction of sp³-hybridized carbons (Fsp3) is 0.273. The molecule has 2 aromatic carbocycles. The number of aromatic nitrogens is 2. The van der Waals surface area contributed by atoms with Gasteiger partial charge in [0.2, 0.25) is 0 Å². The summed E-state index contributed by atoms with van der Waals surface area (Å²) in [6, 6.07) is 16.1. The van der Waals surface area contributed by atoms with Gasteiger partial charge in [0, 0.05) is 18.1 Å². The number of rotatable bonds is 5. The van der Waals surface area contributed by atoms with Crippen LogP contribution in [0.15, 0.2) is 53.6 Å². The Morgan fingerprint density at radius 3 is 2.54 bits per heavy atom. The molecule has 1 N–H and O–H groups in total. The topological polar surface area (TPSA) is 45.5 Å². The van der Waals surface area contributed by atoms with Crippen LogP contribution >= 0.6 is 11.6 Å². The zero-order valence-electron chi connectivity index (χ0n) is 16.2. The van der Waals surface area contributed by atoms with E-state index in [1.807, 2.05) is 61.1 Å². The smallest absolute Gasteiger partial charge is 0.141 e. The molecule has 6 heteroatoms. The number of anilines is 2. The van der Waals surface area contributed by atoms with Crippen molar-refractivity contribution in [1.29, 1.82) is 0 Å². The van der Waals surface area contributed by atoms with Gasteiger partial charge in [-0.05, 0) is 56.5 Å². The van der Waals surface area contributed by atoms with Crippen molar-refractivity contribution in [3.63, 3.8) is 0 Å². The first kappa shape index (κ1) is 18.6. The van der Waals surface area contributed by atoms with Crippen molar-refractivity contribution < 1.29 is 0 Å². The molecule has 0 radical (unpaired) electrons. The molecular formula is C22H24ClN5. The first-order valence-corrected chi connectivity index (χ1v) is 9.96. The SMILES string of the molecule is Cc1ccc(N/N=C\c2c(C)nn(-c3ccccc3)c2N2CCCC2)cc1Cl. The molecule has 0 amide bonds. The first-order chi connectivity index (χ1) is 13.6. The number of hydrogen-bond donors (Lipinski definition) is 1. The van der Waals surface area contributed by atoms with Gasteiger partial charge in [0.1, 0.15) is 5.82 Å². The van der Waals surface area contributed by atoms with Crippen LogP contribution in [0.5, 0.6) is 0 Å². The zero-order chi connectivity index (χ0) is 19.5. The van der Waals surface area contributed by atoms with E-state index in [1.54, 1.807) is 0 Å². The second-order valence-corrected chi connectivity index (χ2v) is 7.51. The van der Waals surface area contributed by atoms with Crippen molar-refractivity contribution in [3.8, 4) is 5.69 Å². The van der Waals surface area contributed by atoms with Crippen LogP contribution in [-0.2, 0) is 0 Å². The first-order valence-electron chi connectivity index (χ1n) is 9.59. The Kier molecular flexibility index (Phi) is 5.35.